The first kappa shape index (κ1) is 21.2. The second-order valence-corrected chi connectivity index (χ2v) is 7.28. The molecule has 2 aromatic carbocycles. The minimum atomic E-state index is -0.322. The van der Waals surface area contributed by atoms with Gasteiger partial charge in [-0.3, -0.25) is 4.79 Å². The zero-order valence-corrected chi connectivity index (χ0v) is 17.5. The Morgan fingerprint density at radius 1 is 0.900 bits per heavy atom. The highest BCUT2D eigenvalue weighted by atomic mass is 32.1. The fourth-order valence-electron chi connectivity index (χ4n) is 2.81. The second kappa shape index (κ2) is 10.3. The van der Waals surface area contributed by atoms with Crippen molar-refractivity contribution in [1.82, 2.24) is 5.32 Å². The Hall–Kier alpha value is -3.52. The summed E-state index contributed by atoms with van der Waals surface area (Å²) in [6.45, 7) is 0.454. The van der Waals surface area contributed by atoms with Gasteiger partial charge in [0.05, 0.1) is 19.1 Å². The number of carbonyl (C=O) groups excluding carboxylic acids is 2. The van der Waals surface area contributed by atoms with Crippen molar-refractivity contribution >= 4 is 34.6 Å². The number of hydrogen-bond acceptors (Lipinski definition) is 5. The first-order chi connectivity index (χ1) is 14.6. The lowest BCUT2D eigenvalue weighted by Gasteiger charge is -2.11. The molecule has 0 radical (unpaired) electrons. The number of amides is 3. The molecule has 3 amide bonds. The third-order valence-electron chi connectivity index (χ3n) is 4.27. The van der Waals surface area contributed by atoms with Crippen LogP contribution in [0.4, 0.5) is 16.2 Å². The molecule has 0 saturated carbocycles. The van der Waals surface area contributed by atoms with Gasteiger partial charge >= 0.3 is 6.03 Å². The van der Waals surface area contributed by atoms with Gasteiger partial charge in [-0.2, -0.15) is 0 Å². The molecule has 7 nitrogen and oxygen atoms in total. The highest BCUT2D eigenvalue weighted by Gasteiger charge is 2.09. The summed E-state index contributed by atoms with van der Waals surface area (Å²) in [6, 6.07) is 15.9. The van der Waals surface area contributed by atoms with Gasteiger partial charge in [0.1, 0.15) is 0 Å². The number of methoxy groups -OCH3 is 2. The maximum atomic E-state index is 12.2. The van der Waals surface area contributed by atoms with Crippen LogP contribution >= 0.6 is 11.3 Å². The predicted octanol–water partition coefficient (Wildman–Crippen LogP) is 4.38. The van der Waals surface area contributed by atoms with Crippen LogP contribution in [0.2, 0.25) is 0 Å². The SMILES string of the molecule is COc1ccc(CCNC(=O)Nc2cccc(NC(=O)c3cccs3)c2)cc1OC. The minimum absolute atomic E-state index is 0.179. The van der Waals surface area contributed by atoms with E-state index in [1.54, 1.807) is 44.6 Å². The molecule has 3 aromatic rings. The van der Waals surface area contributed by atoms with Gasteiger partial charge in [0.15, 0.2) is 11.5 Å². The Bertz CT molecular complexity index is 1010. The van der Waals surface area contributed by atoms with E-state index in [1.807, 2.05) is 29.6 Å². The van der Waals surface area contributed by atoms with Gasteiger partial charge in [-0.05, 0) is 53.8 Å². The molecule has 3 rings (SSSR count). The average Bonchev–Trinajstić information content (AvgIpc) is 3.29. The van der Waals surface area contributed by atoms with E-state index in [-0.39, 0.29) is 11.9 Å². The molecule has 3 N–H and O–H groups in total. The van der Waals surface area contributed by atoms with Crippen molar-refractivity contribution in [3.05, 3.63) is 70.4 Å². The Labute approximate surface area is 179 Å². The molecule has 0 spiro atoms. The molecule has 0 unspecified atom stereocenters. The van der Waals surface area contributed by atoms with Gasteiger partial charge < -0.3 is 25.4 Å². The molecule has 0 atom stereocenters. The van der Waals surface area contributed by atoms with Crippen LogP contribution in [0.25, 0.3) is 0 Å². The monoisotopic (exact) mass is 425 g/mol. The lowest BCUT2D eigenvalue weighted by molar-refractivity contribution is 0.103. The van der Waals surface area contributed by atoms with Crippen molar-refractivity contribution in [3.8, 4) is 11.5 Å². The molecule has 0 bridgehead atoms. The summed E-state index contributed by atoms with van der Waals surface area (Å²) in [7, 11) is 3.18. The van der Waals surface area contributed by atoms with Gasteiger partial charge in [-0.1, -0.05) is 18.2 Å². The first-order valence-corrected chi connectivity index (χ1v) is 10.2. The van der Waals surface area contributed by atoms with E-state index in [0.29, 0.717) is 40.7 Å². The summed E-state index contributed by atoms with van der Waals surface area (Å²) >= 11 is 1.37. The van der Waals surface area contributed by atoms with Gasteiger partial charge in [0.25, 0.3) is 5.91 Å². The van der Waals surface area contributed by atoms with Crippen LogP contribution in [-0.4, -0.2) is 32.7 Å². The summed E-state index contributed by atoms with van der Waals surface area (Å²) in [5, 5.41) is 10.3. The summed E-state index contributed by atoms with van der Waals surface area (Å²) in [6.07, 6.45) is 0.644. The predicted molar refractivity (Wildman–Crippen MR) is 119 cm³/mol. The molecule has 1 aromatic heterocycles. The Morgan fingerprint density at radius 2 is 1.67 bits per heavy atom. The zero-order chi connectivity index (χ0) is 21.3. The number of hydrogen-bond donors (Lipinski definition) is 3. The Kier molecular flexibility index (Phi) is 7.29. The quantitative estimate of drug-likeness (QED) is 0.500. The van der Waals surface area contributed by atoms with E-state index < -0.39 is 0 Å². The van der Waals surface area contributed by atoms with Gasteiger partial charge in [0, 0.05) is 17.9 Å². The fraction of sp³-hybridized carbons (Fsp3) is 0.182. The largest absolute Gasteiger partial charge is 0.493 e. The summed E-state index contributed by atoms with van der Waals surface area (Å²) in [5.74, 6) is 1.14. The topological polar surface area (TPSA) is 88.7 Å². The molecule has 8 heteroatoms. The normalized spacial score (nSPS) is 10.2. The maximum Gasteiger partial charge on any atom is 0.319 e. The fourth-order valence-corrected chi connectivity index (χ4v) is 3.43. The third-order valence-corrected chi connectivity index (χ3v) is 5.14. The van der Waals surface area contributed by atoms with Crippen molar-refractivity contribution in [1.29, 1.82) is 0 Å². The van der Waals surface area contributed by atoms with Crippen LogP contribution in [0.3, 0.4) is 0 Å². The number of nitrogens with one attached hydrogen (secondary N) is 3. The molecule has 30 heavy (non-hydrogen) atoms. The average molecular weight is 426 g/mol. The van der Waals surface area contributed by atoms with E-state index >= 15 is 0 Å². The number of thiophene rings is 1. The molecular formula is C22H23N3O4S. The molecule has 0 aliphatic carbocycles. The number of carbonyl (C=O) groups is 2. The summed E-state index contributed by atoms with van der Waals surface area (Å²) < 4.78 is 10.5. The molecular weight excluding hydrogens is 402 g/mol. The van der Waals surface area contributed by atoms with E-state index in [1.165, 1.54) is 11.3 Å². The zero-order valence-electron chi connectivity index (χ0n) is 16.7. The summed E-state index contributed by atoms with van der Waals surface area (Å²) in [5.41, 5.74) is 2.21. The van der Waals surface area contributed by atoms with E-state index in [4.69, 9.17) is 9.47 Å². The molecule has 156 valence electrons. The number of rotatable bonds is 8. The van der Waals surface area contributed by atoms with Crippen LogP contribution in [0.1, 0.15) is 15.2 Å². The van der Waals surface area contributed by atoms with Crippen molar-refractivity contribution < 1.29 is 19.1 Å². The molecule has 0 saturated heterocycles. The number of benzene rings is 2. The van der Waals surface area contributed by atoms with E-state index in [9.17, 15) is 9.59 Å². The first-order valence-electron chi connectivity index (χ1n) is 9.29. The van der Waals surface area contributed by atoms with Gasteiger partial charge in [-0.15, -0.1) is 11.3 Å². The summed E-state index contributed by atoms with van der Waals surface area (Å²) in [4.78, 5) is 25.0. The highest BCUT2D eigenvalue weighted by Crippen LogP contribution is 2.27. The third kappa shape index (κ3) is 5.74. The molecule has 1 heterocycles. The maximum absolute atomic E-state index is 12.2. The smallest absolute Gasteiger partial charge is 0.319 e. The molecule has 0 aliphatic heterocycles. The number of anilines is 2. The van der Waals surface area contributed by atoms with E-state index in [0.717, 1.165) is 5.56 Å². The van der Waals surface area contributed by atoms with Crippen LogP contribution in [0.5, 0.6) is 11.5 Å². The number of ether oxygens (including phenoxy) is 2. The molecule has 0 aliphatic rings. The molecule has 0 fully saturated rings. The number of urea groups is 1. The van der Waals surface area contributed by atoms with Crippen molar-refractivity contribution in [3.63, 3.8) is 0 Å². The van der Waals surface area contributed by atoms with Gasteiger partial charge in [0.2, 0.25) is 0 Å². The van der Waals surface area contributed by atoms with Crippen LogP contribution < -0.4 is 25.4 Å². The van der Waals surface area contributed by atoms with Crippen LogP contribution in [-0.2, 0) is 6.42 Å². The minimum Gasteiger partial charge on any atom is -0.493 e. The van der Waals surface area contributed by atoms with Crippen LogP contribution in [0.15, 0.2) is 60.0 Å². The van der Waals surface area contributed by atoms with Crippen molar-refractivity contribution in [2.45, 2.75) is 6.42 Å². The van der Waals surface area contributed by atoms with E-state index in [2.05, 4.69) is 16.0 Å². The van der Waals surface area contributed by atoms with Crippen molar-refractivity contribution in [2.24, 2.45) is 0 Å². The highest BCUT2D eigenvalue weighted by molar-refractivity contribution is 7.12. The van der Waals surface area contributed by atoms with Gasteiger partial charge in [-0.25, -0.2) is 4.79 Å². The van der Waals surface area contributed by atoms with Crippen LogP contribution in [0, 0.1) is 0 Å². The standard InChI is InChI=1S/C22H23N3O4S/c1-28-18-9-8-15(13-19(18)29-2)10-11-23-22(27)25-17-6-3-5-16(14-17)24-21(26)20-7-4-12-30-20/h3-9,12-14H,10-11H2,1-2H3,(H,24,26)(H2,23,25,27). The second-order valence-electron chi connectivity index (χ2n) is 6.33. The Morgan fingerprint density at radius 3 is 2.37 bits per heavy atom. The lowest BCUT2D eigenvalue weighted by atomic mass is 10.1. The Balaban J connectivity index is 1.50. The lowest BCUT2D eigenvalue weighted by Crippen LogP contribution is -2.30. The van der Waals surface area contributed by atoms with Crippen molar-refractivity contribution in [2.75, 3.05) is 31.4 Å².